The third kappa shape index (κ3) is 5.17. The van der Waals surface area contributed by atoms with Gasteiger partial charge in [0.25, 0.3) is 5.91 Å². The Morgan fingerprint density at radius 3 is 2.44 bits per heavy atom. The molecule has 2 amide bonds. The molecule has 1 atom stereocenters. The number of hydrogen-bond donors (Lipinski definition) is 0. The fourth-order valence-electron chi connectivity index (χ4n) is 4.52. The van der Waals surface area contributed by atoms with Crippen LogP contribution in [0.4, 0.5) is 0 Å². The highest BCUT2D eigenvalue weighted by molar-refractivity contribution is 7.10. The Morgan fingerprint density at radius 2 is 1.79 bits per heavy atom. The third-order valence-corrected chi connectivity index (χ3v) is 7.21. The number of ether oxygens (including phenoxy) is 1. The summed E-state index contributed by atoms with van der Waals surface area (Å²) in [6.07, 6.45) is 0.845. The van der Waals surface area contributed by atoms with Crippen LogP contribution in [-0.4, -0.2) is 48.4 Å². The van der Waals surface area contributed by atoms with E-state index in [0.29, 0.717) is 24.4 Å². The monoisotopic (exact) mass is 476 g/mol. The number of rotatable bonds is 7. The minimum absolute atomic E-state index is 0.0232. The van der Waals surface area contributed by atoms with Crippen LogP contribution in [-0.2, 0) is 11.2 Å². The molecule has 0 fully saturated rings. The zero-order valence-electron chi connectivity index (χ0n) is 20.3. The van der Waals surface area contributed by atoms with E-state index in [0.717, 1.165) is 12.0 Å². The van der Waals surface area contributed by atoms with Crippen molar-refractivity contribution in [1.82, 2.24) is 9.80 Å². The lowest BCUT2D eigenvalue weighted by atomic mass is 9.92. The maximum atomic E-state index is 13.7. The molecule has 178 valence electrons. The van der Waals surface area contributed by atoms with Crippen molar-refractivity contribution in [2.24, 2.45) is 5.92 Å². The van der Waals surface area contributed by atoms with Crippen LogP contribution in [0, 0.1) is 12.8 Å². The summed E-state index contributed by atoms with van der Waals surface area (Å²) in [6.45, 7) is 7.42. The highest BCUT2D eigenvalue weighted by atomic mass is 32.1. The average Bonchev–Trinajstić information content (AvgIpc) is 3.32. The van der Waals surface area contributed by atoms with E-state index in [1.165, 1.54) is 16.0 Å². The largest absolute Gasteiger partial charge is 0.497 e. The van der Waals surface area contributed by atoms with E-state index in [4.69, 9.17) is 4.74 Å². The summed E-state index contributed by atoms with van der Waals surface area (Å²) in [5.74, 6) is 0.784. The Bertz CT molecular complexity index is 1140. The summed E-state index contributed by atoms with van der Waals surface area (Å²) in [4.78, 5) is 32.1. The summed E-state index contributed by atoms with van der Waals surface area (Å²) in [7, 11) is 1.60. The first kappa shape index (κ1) is 24.0. The molecule has 0 N–H and O–H groups in total. The van der Waals surface area contributed by atoms with Crippen LogP contribution in [0.1, 0.15) is 51.8 Å². The average molecular weight is 477 g/mol. The topological polar surface area (TPSA) is 49.9 Å². The molecule has 3 aromatic rings. The minimum atomic E-state index is -0.134. The fourth-order valence-corrected chi connectivity index (χ4v) is 5.43. The highest BCUT2D eigenvalue weighted by Crippen LogP contribution is 2.38. The first-order valence-electron chi connectivity index (χ1n) is 11.7. The molecule has 0 saturated heterocycles. The molecule has 1 aliphatic heterocycles. The second kappa shape index (κ2) is 10.4. The summed E-state index contributed by atoms with van der Waals surface area (Å²) in [5, 5.41) is 2.11. The molecule has 6 heteroatoms. The van der Waals surface area contributed by atoms with Gasteiger partial charge in [-0.3, -0.25) is 9.59 Å². The van der Waals surface area contributed by atoms with E-state index >= 15 is 0 Å². The SMILES string of the molecule is COc1ccc(C(=O)N(CC(=O)N2CCc3sccc3C2c2ccc(C)cc2)CC(C)C)cc1. The van der Waals surface area contributed by atoms with E-state index in [9.17, 15) is 9.59 Å². The molecule has 5 nitrogen and oxygen atoms in total. The van der Waals surface area contributed by atoms with Gasteiger partial charge >= 0.3 is 0 Å². The lowest BCUT2D eigenvalue weighted by molar-refractivity contribution is -0.134. The Hall–Kier alpha value is -3.12. The molecule has 0 bridgehead atoms. The molecule has 1 aromatic heterocycles. The van der Waals surface area contributed by atoms with Gasteiger partial charge in [-0.15, -0.1) is 11.3 Å². The Morgan fingerprint density at radius 1 is 1.09 bits per heavy atom. The first-order valence-corrected chi connectivity index (χ1v) is 12.6. The normalized spacial score (nSPS) is 15.2. The van der Waals surface area contributed by atoms with Crippen molar-refractivity contribution in [3.05, 3.63) is 87.1 Å². The molecule has 0 aliphatic carbocycles. The summed E-state index contributed by atoms with van der Waals surface area (Å²) in [6, 6.07) is 17.5. The fraction of sp³-hybridized carbons (Fsp3) is 0.357. The van der Waals surface area contributed by atoms with E-state index in [1.54, 1.807) is 47.6 Å². The van der Waals surface area contributed by atoms with Crippen molar-refractivity contribution in [1.29, 1.82) is 0 Å². The number of fused-ring (bicyclic) bond motifs is 1. The maximum Gasteiger partial charge on any atom is 0.254 e. The number of benzene rings is 2. The molecule has 0 spiro atoms. The second-order valence-electron chi connectivity index (χ2n) is 9.26. The van der Waals surface area contributed by atoms with Gasteiger partial charge in [0.1, 0.15) is 12.3 Å². The maximum absolute atomic E-state index is 13.7. The molecule has 0 saturated carbocycles. The molecule has 34 heavy (non-hydrogen) atoms. The smallest absolute Gasteiger partial charge is 0.254 e. The first-order chi connectivity index (χ1) is 16.4. The van der Waals surface area contributed by atoms with Crippen molar-refractivity contribution < 1.29 is 14.3 Å². The van der Waals surface area contributed by atoms with Crippen molar-refractivity contribution >= 4 is 23.2 Å². The number of methoxy groups -OCH3 is 1. The van der Waals surface area contributed by atoms with E-state index in [-0.39, 0.29) is 30.3 Å². The van der Waals surface area contributed by atoms with Crippen LogP contribution >= 0.6 is 11.3 Å². The summed E-state index contributed by atoms with van der Waals surface area (Å²) in [5.41, 5.74) is 4.06. The second-order valence-corrected chi connectivity index (χ2v) is 10.3. The number of carbonyl (C=O) groups is 2. The van der Waals surface area contributed by atoms with Crippen LogP contribution in [0.2, 0.25) is 0 Å². The highest BCUT2D eigenvalue weighted by Gasteiger charge is 2.34. The quantitative estimate of drug-likeness (QED) is 0.463. The third-order valence-electron chi connectivity index (χ3n) is 6.22. The van der Waals surface area contributed by atoms with Gasteiger partial charge in [0.15, 0.2) is 0 Å². The van der Waals surface area contributed by atoms with Crippen molar-refractivity contribution in [2.75, 3.05) is 26.7 Å². The lowest BCUT2D eigenvalue weighted by Crippen LogP contribution is -2.47. The van der Waals surface area contributed by atoms with Crippen molar-refractivity contribution in [3.63, 3.8) is 0 Å². The summed E-state index contributed by atoms with van der Waals surface area (Å²) < 4.78 is 5.22. The van der Waals surface area contributed by atoms with Gasteiger partial charge in [-0.25, -0.2) is 0 Å². The zero-order valence-corrected chi connectivity index (χ0v) is 21.1. The van der Waals surface area contributed by atoms with Gasteiger partial charge in [-0.2, -0.15) is 0 Å². The van der Waals surface area contributed by atoms with Crippen molar-refractivity contribution in [3.8, 4) is 5.75 Å². The standard InChI is InChI=1S/C28H32N2O3S/c1-19(2)17-29(28(32)22-9-11-23(33-4)12-10-22)18-26(31)30-15-13-25-24(14-16-34-25)27(30)21-7-5-20(3)6-8-21/h5-12,14,16,19,27H,13,15,17-18H2,1-4H3. The number of aryl methyl sites for hydroxylation is 1. The summed E-state index contributed by atoms with van der Waals surface area (Å²) >= 11 is 1.76. The van der Waals surface area contributed by atoms with Gasteiger partial charge in [0.05, 0.1) is 13.2 Å². The van der Waals surface area contributed by atoms with Crippen LogP contribution in [0.3, 0.4) is 0 Å². The van der Waals surface area contributed by atoms with Crippen molar-refractivity contribution in [2.45, 2.75) is 33.2 Å². The molecule has 1 aliphatic rings. The predicted octanol–water partition coefficient (Wildman–Crippen LogP) is 5.34. The number of amides is 2. The van der Waals surface area contributed by atoms with Gasteiger partial charge in [-0.05, 0) is 66.1 Å². The van der Waals surface area contributed by atoms with Crippen LogP contribution in [0.5, 0.6) is 5.75 Å². The molecule has 2 aromatic carbocycles. The van der Waals surface area contributed by atoms with Gasteiger partial charge in [-0.1, -0.05) is 43.7 Å². The number of carbonyl (C=O) groups excluding carboxylic acids is 2. The Kier molecular flexibility index (Phi) is 7.37. The van der Waals surface area contributed by atoms with Gasteiger partial charge in [0, 0.05) is 23.5 Å². The number of thiophene rings is 1. The molecule has 0 radical (unpaired) electrons. The lowest BCUT2D eigenvalue weighted by Gasteiger charge is -2.38. The van der Waals surface area contributed by atoms with Gasteiger partial charge in [0.2, 0.25) is 5.91 Å². The van der Waals surface area contributed by atoms with Crippen LogP contribution in [0.25, 0.3) is 0 Å². The molecule has 2 heterocycles. The predicted molar refractivity (Wildman–Crippen MR) is 136 cm³/mol. The van der Waals surface area contributed by atoms with Crippen LogP contribution < -0.4 is 4.74 Å². The van der Waals surface area contributed by atoms with E-state index < -0.39 is 0 Å². The molecule has 4 rings (SSSR count). The number of hydrogen-bond acceptors (Lipinski definition) is 4. The zero-order chi connectivity index (χ0) is 24.2. The molecule has 1 unspecified atom stereocenters. The van der Waals surface area contributed by atoms with Crippen LogP contribution in [0.15, 0.2) is 60.0 Å². The Balaban J connectivity index is 1.60. The minimum Gasteiger partial charge on any atom is -0.497 e. The van der Waals surface area contributed by atoms with Gasteiger partial charge < -0.3 is 14.5 Å². The number of nitrogens with zero attached hydrogens (tertiary/aromatic N) is 2. The Labute approximate surface area is 206 Å². The van der Waals surface area contributed by atoms with E-state index in [2.05, 4.69) is 56.5 Å². The van der Waals surface area contributed by atoms with E-state index in [1.807, 2.05) is 4.90 Å². The molecular formula is C28H32N2O3S. The molecular weight excluding hydrogens is 444 g/mol.